The number of Topliss-reactive ketones (excluding diaryl/α,β-unsaturated/α-hetero) is 1. The van der Waals surface area contributed by atoms with E-state index < -0.39 is 0 Å². The van der Waals surface area contributed by atoms with E-state index in [-0.39, 0.29) is 37.0 Å². The number of nitrogens with zero attached hydrogens (tertiary/aromatic N) is 1. The van der Waals surface area contributed by atoms with Gasteiger partial charge in [-0.2, -0.15) is 0 Å². The Labute approximate surface area is 166 Å². The number of ether oxygens (including phenoxy) is 1. The zero-order valence-corrected chi connectivity index (χ0v) is 16.8. The molecule has 0 atom stereocenters. The van der Waals surface area contributed by atoms with E-state index in [0.717, 1.165) is 4.47 Å². The van der Waals surface area contributed by atoms with Crippen LogP contribution in [0.2, 0.25) is 0 Å². The second kappa shape index (κ2) is 9.87. The van der Waals surface area contributed by atoms with Crippen molar-refractivity contribution < 1.29 is 19.1 Å². The summed E-state index contributed by atoms with van der Waals surface area (Å²) in [5, 5.41) is 2.71. The van der Waals surface area contributed by atoms with E-state index in [2.05, 4.69) is 21.2 Å². The third-order valence-electron chi connectivity index (χ3n) is 3.89. The number of anilines is 1. The number of rotatable bonds is 8. The molecule has 2 rings (SSSR count). The number of halogens is 1. The van der Waals surface area contributed by atoms with Gasteiger partial charge in [0.15, 0.2) is 5.78 Å². The first kappa shape index (κ1) is 20.6. The van der Waals surface area contributed by atoms with Crippen LogP contribution in [0.15, 0.2) is 53.0 Å². The van der Waals surface area contributed by atoms with Crippen LogP contribution >= 0.6 is 15.9 Å². The molecule has 2 amide bonds. The highest BCUT2D eigenvalue weighted by atomic mass is 79.9. The van der Waals surface area contributed by atoms with E-state index in [4.69, 9.17) is 4.74 Å². The Morgan fingerprint density at radius 2 is 1.78 bits per heavy atom. The summed E-state index contributed by atoms with van der Waals surface area (Å²) < 4.78 is 5.99. The average molecular weight is 433 g/mol. The highest BCUT2D eigenvalue weighted by Crippen LogP contribution is 2.16. The van der Waals surface area contributed by atoms with Crippen LogP contribution in [0.4, 0.5) is 5.69 Å². The molecule has 0 radical (unpaired) electrons. The van der Waals surface area contributed by atoms with Gasteiger partial charge in [0, 0.05) is 41.7 Å². The molecule has 1 N–H and O–H groups in total. The van der Waals surface area contributed by atoms with E-state index in [1.807, 2.05) is 0 Å². The van der Waals surface area contributed by atoms with Crippen LogP contribution < -0.4 is 10.1 Å². The molecule has 0 saturated carbocycles. The van der Waals surface area contributed by atoms with Gasteiger partial charge in [0.1, 0.15) is 5.75 Å². The molecule has 0 aliphatic rings. The number of carbonyl (C=O) groups is 3. The molecule has 6 nitrogen and oxygen atoms in total. The van der Waals surface area contributed by atoms with Gasteiger partial charge in [-0.15, -0.1) is 0 Å². The number of carbonyl (C=O) groups excluding carboxylic acids is 3. The number of nitrogens with one attached hydrogen (secondary N) is 1. The molecule has 0 bridgehead atoms. The standard InChI is InChI=1S/C20H21BrN2O4/c1-23(13-19(25)22-16-4-3-5-17(12-16)27-2)20(26)11-10-18(24)14-6-8-15(21)9-7-14/h3-9,12H,10-11,13H2,1-2H3,(H,22,25). The zero-order chi connectivity index (χ0) is 19.8. The van der Waals surface area contributed by atoms with Crippen molar-refractivity contribution >= 4 is 39.2 Å². The van der Waals surface area contributed by atoms with Crippen LogP contribution in [-0.2, 0) is 9.59 Å². The number of hydrogen-bond donors (Lipinski definition) is 1. The van der Waals surface area contributed by atoms with Gasteiger partial charge in [0.2, 0.25) is 11.8 Å². The van der Waals surface area contributed by atoms with Gasteiger partial charge in [-0.3, -0.25) is 14.4 Å². The molecule has 0 aromatic heterocycles. The Balaban J connectivity index is 1.81. The average Bonchev–Trinajstić information content (AvgIpc) is 2.66. The van der Waals surface area contributed by atoms with E-state index in [1.165, 1.54) is 11.9 Å². The topological polar surface area (TPSA) is 75.7 Å². The second-order valence-electron chi connectivity index (χ2n) is 5.96. The van der Waals surface area contributed by atoms with Gasteiger partial charge in [-0.05, 0) is 24.3 Å². The summed E-state index contributed by atoms with van der Waals surface area (Å²) >= 11 is 3.31. The summed E-state index contributed by atoms with van der Waals surface area (Å²) in [6.07, 6.45) is 0.153. The lowest BCUT2D eigenvalue weighted by atomic mass is 10.1. The molecule has 7 heteroatoms. The summed E-state index contributed by atoms with van der Waals surface area (Å²) in [5.41, 5.74) is 1.15. The molecule has 0 heterocycles. The minimum absolute atomic E-state index is 0.0534. The zero-order valence-electron chi connectivity index (χ0n) is 15.2. The molecule has 0 saturated heterocycles. The minimum Gasteiger partial charge on any atom is -0.497 e. The molecule has 0 aliphatic carbocycles. The van der Waals surface area contributed by atoms with Gasteiger partial charge < -0.3 is 15.0 Å². The fourth-order valence-corrected chi connectivity index (χ4v) is 2.66. The molecule has 0 fully saturated rings. The number of hydrogen-bond acceptors (Lipinski definition) is 4. The van der Waals surface area contributed by atoms with Gasteiger partial charge in [-0.1, -0.05) is 34.1 Å². The summed E-state index contributed by atoms with van der Waals surface area (Å²) in [6.45, 7) is -0.0947. The monoisotopic (exact) mass is 432 g/mol. The lowest BCUT2D eigenvalue weighted by molar-refractivity contribution is -0.133. The van der Waals surface area contributed by atoms with Gasteiger partial charge in [0.05, 0.1) is 13.7 Å². The maximum Gasteiger partial charge on any atom is 0.243 e. The largest absolute Gasteiger partial charge is 0.497 e. The Morgan fingerprint density at radius 1 is 1.07 bits per heavy atom. The molecule has 142 valence electrons. The second-order valence-corrected chi connectivity index (χ2v) is 6.88. The molecule has 2 aromatic rings. The summed E-state index contributed by atoms with van der Waals surface area (Å²) in [6, 6.07) is 13.9. The Hall–Kier alpha value is -2.67. The first-order valence-electron chi connectivity index (χ1n) is 8.35. The van der Waals surface area contributed by atoms with Crippen molar-refractivity contribution in [3.05, 3.63) is 58.6 Å². The quantitative estimate of drug-likeness (QED) is 0.647. The fourth-order valence-electron chi connectivity index (χ4n) is 2.40. The van der Waals surface area contributed by atoms with Gasteiger partial charge >= 0.3 is 0 Å². The van der Waals surface area contributed by atoms with Crippen molar-refractivity contribution in [2.45, 2.75) is 12.8 Å². The number of methoxy groups -OCH3 is 1. The molecule has 27 heavy (non-hydrogen) atoms. The van der Waals surface area contributed by atoms with E-state index in [9.17, 15) is 14.4 Å². The summed E-state index contributed by atoms with van der Waals surface area (Å²) in [4.78, 5) is 37.7. The van der Waals surface area contributed by atoms with Crippen molar-refractivity contribution in [3.63, 3.8) is 0 Å². The van der Waals surface area contributed by atoms with Crippen LogP contribution in [0.5, 0.6) is 5.75 Å². The van der Waals surface area contributed by atoms with Crippen molar-refractivity contribution in [1.29, 1.82) is 0 Å². The lowest BCUT2D eigenvalue weighted by Gasteiger charge is -2.17. The molecule has 0 unspecified atom stereocenters. The Kier molecular flexibility index (Phi) is 7.55. The SMILES string of the molecule is COc1cccc(NC(=O)CN(C)C(=O)CCC(=O)c2ccc(Br)cc2)c1. The summed E-state index contributed by atoms with van der Waals surface area (Å²) in [7, 11) is 3.08. The number of amides is 2. The third-order valence-corrected chi connectivity index (χ3v) is 4.42. The maximum absolute atomic E-state index is 12.2. The smallest absolute Gasteiger partial charge is 0.243 e. The summed E-state index contributed by atoms with van der Waals surface area (Å²) in [5.74, 6) is -0.0617. The molecule has 0 aliphatic heterocycles. The molecular formula is C20H21BrN2O4. The third kappa shape index (κ3) is 6.53. The van der Waals surface area contributed by atoms with Crippen molar-refractivity contribution in [2.75, 3.05) is 26.0 Å². The lowest BCUT2D eigenvalue weighted by Crippen LogP contribution is -2.35. The van der Waals surface area contributed by atoms with Crippen LogP contribution in [0.1, 0.15) is 23.2 Å². The molecule has 2 aromatic carbocycles. The van der Waals surface area contributed by atoms with E-state index in [0.29, 0.717) is 17.0 Å². The highest BCUT2D eigenvalue weighted by molar-refractivity contribution is 9.10. The minimum atomic E-state index is -0.321. The molecular weight excluding hydrogens is 412 g/mol. The first-order valence-corrected chi connectivity index (χ1v) is 9.15. The van der Waals surface area contributed by atoms with Crippen LogP contribution in [0.3, 0.4) is 0 Å². The first-order chi connectivity index (χ1) is 12.9. The Bertz CT molecular complexity index is 821. The van der Waals surface area contributed by atoms with E-state index in [1.54, 1.807) is 55.6 Å². The van der Waals surface area contributed by atoms with Crippen LogP contribution in [-0.4, -0.2) is 43.2 Å². The normalized spacial score (nSPS) is 10.2. The maximum atomic E-state index is 12.2. The van der Waals surface area contributed by atoms with Crippen molar-refractivity contribution in [3.8, 4) is 5.75 Å². The molecule has 0 spiro atoms. The number of likely N-dealkylation sites (N-methyl/N-ethyl adjacent to an activating group) is 1. The van der Waals surface area contributed by atoms with Crippen molar-refractivity contribution in [1.82, 2.24) is 4.90 Å². The predicted octanol–water partition coefficient (Wildman–Crippen LogP) is 3.52. The predicted molar refractivity (Wildman–Crippen MR) is 107 cm³/mol. The van der Waals surface area contributed by atoms with Crippen molar-refractivity contribution in [2.24, 2.45) is 0 Å². The van der Waals surface area contributed by atoms with Crippen LogP contribution in [0, 0.1) is 0 Å². The van der Waals surface area contributed by atoms with E-state index >= 15 is 0 Å². The van der Waals surface area contributed by atoms with Crippen LogP contribution in [0.25, 0.3) is 0 Å². The fraction of sp³-hybridized carbons (Fsp3) is 0.250. The number of benzene rings is 2. The van der Waals surface area contributed by atoms with Gasteiger partial charge in [0.25, 0.3) is 0 Å². The van der Waals surface area contributed by atoms with Gasteiger partial charge in [-0.25, -0.2) is 0 Å². The Morgan fingerprint density at radius 3 is 2.44 bits per heavy atom. The number of ketones is 1. The highest BCUT2D eigenvalue weighted by Gasteiger charge is 2.15.